The van der Waals surface area contributed by atoms with Crippen molar-refractivity contribution >= 4 is 34.2 Å². The summed E-state index contributed by atoms with van der Waals surface area (Å²) < 4.78 is 0. The van der Waals surface area contributed by atoms with Gasteiger partial charge in [0.15, 0.2) is 0 Å². The third-order valence-electron chi connectivity index (χ3n) is 5.48. The van der Waals surface area contributed by atoms with Gasteiger partial charge in [-0.3, -0.25) is 14.5 Å². The van der Waals surface area contributed by atoms with Crippen molar-refractivity contribution in [3.63, 3.8) is 0 Å². The first kappa shape index (κ1) is 20.8. The van der Waals surface area contributed by atoms with Gasteiger partial charge in [-0.15, -0.1) is 0 Å². The number of anilines is 2. The lowest BCUT2D eigenvalue weighted by atomic mass is 10.1. The largest absolute Gasteiger partial charge is 0.363 e. The van der Waals surface area contributed by atoms with Gasteiger partial charge >= 0.3 is 0 Å². The monoisotopic (exact) mass is 417 g/mol. The predicted octanol–water partition coefficient (Wildman–Crippen LogP) is 2.70. The highest BCUT2D eigenvalue weighted by molar-refractivity contribution is 6.02. The molecule has 0 unspecified atom stereocenters. The number of amides is 2. The van der Waals surface area contributed by atoms with Crippen LogP contribution in [0.15, 0.2) is 60.7 Å². The lowest BCUT2D eigenvalue weighted by Crippen LogP contribution is -2.50. The molecule has 7 heteroatoms. The van der Waals surface area contributed by atoms with Gasteiger partial charge in [-0.25, -0.2) is 4.98 Å². The normalized spacial score (nSPS) is 14.5. The predicted molar refractivity (Wildman–Crippen MR) is 123 cm³/mol. The number of aromatic nitrogens is 1. The lowest BCUT2D eigenvalue weighted by Gasteiger charge is -2.34. The number of carbonyl (C=O) groups excluding carboxylic acids is 2. The molecule has 160 valence electrons. The van der Waals surface area contributed by atoms with Crippen molar-refractivity contribution in [3.8, 4) is 0 Å². The summed E-state index contributed by atoms with van der Waals surface area (Å²) in [5, 5.41) is 3.98. The van der Waals surface area contributed by atoms with E-state index in [9.17, 15) is 9.59 Å². The molecule has 0 spiro atoms. The highest BCUT2D eigenvalue weighted by atomic mass is 16.2. The Morgan fingerprint density at radius 1 is 0.968 bits per heavy atom. The van der Waals surface area contributed by atoms with Gasteiger partial charge in [0.05, 0.1) is 17.7 Å². The number of rotatable bonds is 5. The minimum Gasteiger partial charge on any atom is -0.363 e. The Balaban J connectivity index is 1.38. The van der Waals surface area contributed by atoms with Crippen molar-refractivity contribution in [2.24, 2.45) is 0 Å². The van der Waals surface area contributed by atoms with E-state index in [1.807, 2.05) is 84.6 Å². The Labute approximate surface area is 182 Å². The van der Waals surface area contributed by atoms with E-state index in [2.05, 4.69) is 15.2 Å². The highest BCUT2D eigenvalue weighted by Gasteiger charge is 2.23. The molecular weight excluding hydrogens is 390 g/mol. The summed E-state index contributed by atoms with van der Waals surface area (Å²) in [6, 6.07) is 19.0. The molecule has 2 heterocycles. The standard InChI is InChI=1S/C24H27N5O2/c1-27(2)22-16-21(19-10-6-7-11-20(19)25-22)26-23(30)17-28-12-14-29(15-13-28)24(31)18-8-4-3-5-9-18/h3-11,16H,12-15,17H2,1-2H3,(H,25,26,30). The van der Waals surface area contributed by atoms with Crippen molar-refractivity contribution in [1.29, 1.82) is 0 Å². The molecule has 0 aliphatic carbocycles. The van der Waals surface area contributed by atoms with Gasteiger partial charge in [-0.2, -0.15) is 0 Å². The molecule has 3 aromatic rings. The summed E-state index contributed by atoms with van der Waals surface area (Å²) in [5.74, 6) is 0.773. The van der Waals surface area contributed by atoms with Crippen LogP contribution < -0.4 is 10.2 Å². The minimum absolute atomic E-state index is 0.0455. The maximum Gasteiger partial charge on any atom is 0.253 e. The number of carbonyl (C=O) groups is 2. The summed E-state index contributed by atoms with van der Waals surface area (Å²) in [5.41, 5.74) is 2.31. The second-order valence-corrected chi connectivity index (χ2v) is 7.92. The zero-order valence-corrected chi connectivity index (χ0v) is 17.9. The fourth-order valence-electron chi connectivity index (χ4n) is 3.76. The first-order valence-corrected chi connectivity index (χ1v) is 10.4. The average Bonchev–Trinajstić information content (AvgIpc) is 2.79. The number of benzene rings is 2. The molecule has 4 rings (SSSR count). The maximum absolute atomic E-state index is 12.8. The van der Waals surface area contributed by atoms with E-state index in [1.165, 1.54) is 0 Å². The third kappa shape index (κ3) is 4.83. The first-order chi connectivity index (χ1) is 15.0. The van der Waals surface area contributed by atoms with E-state index in [4.69, 9.17) is 0 Å². The van der Waals surface area contributed by atoms with Crippen LogP contribution in [-0.4, -0.2) is 73.4 Å². The average molecular weight is 418 g/mol. The van der Waals surface area contributed by atoms with E-state index in [1.54, 1.807) is 0 Å². The molecule has 31 heavy (non-hydrogen) atoms. The van der Waals surface area contributed by atoms with Gasteiger partial charge in [0.25, 0.3) is 5.91 Å². The number of hydrogen-bond acceptors (Lipinski definition) is 5. The van der Waals surface area contributed by atoms with Crippen LogP contribution in [0.25, 0.3) is 10.9 Å². The lowest BCUT2D eigenvalue weighted by molar-refractivity contribution is -0.117. The molecule has 2 amide bonds. The van der Waals surface area contributed by atoms with Gasteiger partial charge < -0.3 is 15.1 Å². The molecule has 1 aromatic heterocycles. The van der Waals surface area contributed by atoms with Crippen molar-refractivity contribution in [2.45, 2.75) is 0 Å². The van der Waals surface area contributed by atoms with Gasteiger partial charge in [0, 0.05) is 57.3 Å². The topological polar surface area (TPSA) is 68.8 Å². The molecule has 0 radical (unpaired) electrons. The first-order valence-electron chi connectivity index (χ1n) is 10.4. The van der Waals surface area contributed by atoms with E-state index < -0.39 is 0 Å². The van der Waals surface area contributed by atoms with Crippen LogP contribution in [0.4, 0.5) is 11.5 Å². The van der Waals surface area contributed by atoms with Crippen molar-refractivity contribution in [1.82, 2.24) is 14.8 Å². The van der Waals surface area contributed by atoms with Crippen molar-refractivity contribution in [3.05, 3.63) is 66.2 Å². The zero-order valence-electron chi connectivity index (χ0n) is 17.9. The SMILES string of the molecule is CN(C)c1cc(NC(=O)CN2CCN(C(=O)c3ccccc3)CC2)c2ccccc2n1. The van der Waals surface area contributed by atoms with Gasteiger partial charge in [0.2, 0.25) is 5.91 Å². The number of nitrogens with zero attached hydrogens (tertiary/aromatic N) is 4. The number of fused-ring (bicyclic) bond motifs is 1. The Morgan fingerprint density at radius 2 is 1.65 bits per heavy atom. The molecule has 0 atom stereocenters. The summed E-state index contributed by atoms with van der Waals surface area (Å²) in [4.78, 5) is 35.9. The molecule has 2 aromatic carbocycles. The summed E-state index contributed by atoms with van der Waals surface area (Å²) in [6.45, 7) is 2.87. The number of piperazine rings is 1. The van der Waals surface area contributed by atoms with E-state index in [0.717, 1.165) is 22.4 Å². The Bertz CT molecular complexity index is 1080. The zero-order chi connectivity index (χ0) is 21.8. The van der Waals surface area contributed by atoms with Crippen molar-refractivity contribution in [2.75, 3.05) is 57.0 Å². The number of nitrogens with one attached hydrogen (secondary N) is 1. The van der Waals surface area contributed by atoms with Crippen LogP contribution in [-0.2, 0) is 4.79 Å². The molecule has 1 N–H and O–H groups in total. The van der Waals surface area contributed by atoms with E-state index >= 15 is 0 Å². The fourth-order valence-corrected chi connectivity index (χ4v) is 3.76. The maximum atomic E-state index is 12.8. The molecule has 1 saturated heterocycles. The second-order valence-electron chi connectivity index (χ2n) is 7.92. The second kappa shape index (κ2) is 9.14. The molecule has 0 saturated carbocycles. The smallest absolute Gasteiger partial charge is 0.253 e. The van der Waals surface area contributed by atoms with Gasteiger partial charge in [0.1, 0.15) is 5.82 Å². The van der Waals surface area contributed by atoms with Crippen LogP contribution >= 0.6 is 0 Å². The fraction of sp³-hybridized carbons (Fsp3) is 0.292. The van der Waals surface area contributed by atoms with Crippen LogP contribution in [0.1, 0.15) is 10.4 Å². The molecule has 7 nitrogen and oxygen atoms in total. The van der Waals surface area contributed by atoms with E-state index in [-0.39, 0.29) is 11.8 Å². The summed E-state index contributed by atoms with van der Waals surface area (Å²) >= 11 is 0. The quantitative estimate of drug-likeness (QED) is 0.691. The molecule has 0 bridgehead atoms. The molecule has 1 aliphatic rings. The number of hydrogen-bond donors (Lipinski definition) is 1. The van der Waals surface area contributed by atoms with Crippen molar-refractivity contribution < 1.29 is 9.59 Å². The Kier molecular flexibility index (Phi) is 6.13. The minimum atomic E-state index is -0.0658. The summed E-state index contributed by atoms with van der Waals surface area (Å²) in [7, 11) is 3.86. The molecule has 1 fully saturated rings. The Hall–Kier alpha value is -3.45. The van der Waals surface area contributed by atoms with Crippen LogP contribution in [0.3, 0.4) is 0 Å². The number of pyridine rings is 1. The number of para-hydroxylation sites is 1. The molecular formula is C24H27N5O2. The van der Waals surface area contributed by atoms with Crippen LogP contribution in [0.2, 0.25) is 0 Å². The van der Waals surface area contributed by atoms with Crippen LogP contribution in [0.5, 0.6) is 0 Å². The van der Waals surface area contributed by atoms with Crippen LogP contribution in [0, 0.1) is 0 Å². The highest BCUT2D eigenvalue weighted by Crippen LogP contribution is 2.26. The molecule has 1 aliphatic heterocycles. The van der Waals surface area contributed by atoms with Gasteiger partial charge in [-0.1, -0.05) is 36.4 Å². The third-order valence-corrected chi connectivity index (χ3v) is 5.48. The Morgan fingerprint density at radius 3 is 2.35 bits per heavy atom. The van der Waals surface area contributed by atoms with Gasteiger partial charge in [-0.05, 0) is 18.2 Å². The summed E-state index contributed by atoms with van der Waals surface area (Å²) in [6.07, 6.45) is 0. The van der Waals surface area contributed by atoms with E-state index in [0.29, 0.717) is 38.3 Å².